The molecular weight excluding hydrogens is 292 g/mol. The minimum atomic E-state index is -3.60. The molecule has 0 bridgehead atoms. The molecule has 6 heteroatoms. The van der Waals surface area contributed by atoms with E-state index in [4.69, 9.17) is 5.73 Å². The summed E-state index contributed by atoms with van der Waals surface area (Å²) in [7, 11) is -3.60. The van der Waals surface area contributed by atoms with Crippen LogP contribution in [0.15, 0.2) is 34.5 Å². The number of para-hydroxylation sites is 1. The van der Waals surface area contributed by atoms with Gasteiger partial charge in [-0.05, 0) is 35.9 Å². The van der Waals surface area contributed by atoms with Crippen molar-refractivity contribution in [2.45, 2.75) is 31.7 Å². The minimum absolute atomic E-state index is 0.226. The van der Waals surface area contributed by atoms with Crippen LogP contribution in [0.1, 0.15) is 22.9 Å². The lowest BCUT2D eigenvalue weighted by atomic mass is 10.1. The van der Waals surface area contributed by atoms with Crippen LogP contribution >= 0.6 is 11.3 Å². The zero-order chi connectivity index (χ0) is 14.8. The molecule has 0 spiro atoms. The van der Waals surface area contributed by atoms with E-state index in [-0.39, 0.29) is 6.54 Å². The molecule has 3 N–H and O–H groups in total. The van der Waals surface area contributed by atoms with E-state index >= 15 is 0 Å². The van der Waals surface area contributed by atoms with Gasteiger partial charge in [0.25, 0.3) is 10.0 Å². The van der Waals surface area contributed by atoms with Gasteiger partial charge in [-0.1, -0.05) is 25.1 Å². The number of rotatable bonds is 5. The van der Waals surface area contributed by atoms with Gasteiger partial charge in [0.1, 0.15) is 4.90 Å². The molecule has 0 unspecified atom stereocenters. The molecule has 0 aliphatic carbocycles. The Kier molecular flexibility index (Phi) is 4.47. The third kappa shape index (κ3) is 2.87. The standard InChI is InChI=1S/C14H18N2O2S2/c1-3-11-6-4-5-7-12(11)16-20(17,18)14-10(2)9-19-13(14)8-15/h4-7,9,16H,3,8,15H2,1-2H3. The van der Waals surface area contributed by atoms with Crippen LogP contribution in [0.3, 0.4) is 0 Å². The third-order valence-electron chi connectivity index (χ3n) is 3.09. The highest BCUT2D eigenvalue weighted by molar-refractivity contribution is 7.93. The number of nitrogens with one attached hydrogen (secondary N) is 1. The van der Waals surface area contributed by atoms with Crippen molar-refractivity contribution in [3.63, 3.8) is 0 Å². The van der Waals surface area contributed by atoms with Gasteiger partial charge >= 0.3 is 0 Å². The van der Waals surface area contributed by atoms with Crippen molar-refractivity contribution in [1.29, 1.82) is 0 Å². The van der Waals surface area contributed by atoms with Gasteiger partial charge in [-0.15, -0.1) is 11.3 Å². The third-order valence-corrected chi connectivity index (χ3v) is 5.94. The molecular formula is C14H18N2O2S2. The van der Waals surface area contributed by atoms with Gasteiger partial charge in [-0.25, -0.2) is 8.42 Å². The Morgan fingerprint density at radius 3 is 2.65 bits per heavy atom. The Morgan fingerprint density at radius 1 is 1.30 bits per heavy atom. The van der Waals surface area contributed by atoms with Crippen molar-refractivity contribution in [1.82, 2.24) is 0 Å². The molecule has 0 saturated carbocycles. The Balaban J connectivity index is 2.44. The first-order valence-corrected chi connectivity index (χ1v) is 8.73. The summed E-state index contributed by atoms with van der Waals surface area (Å²) in [5, 5.41) is 1.82. The van der Waals surface area contributed by atoms with Crippen molar-refractivity contribution in [2.24, 2.45) is 5.73 Å². The summed E-state index contributed by atoms with van der Waals surface area (Å²) in [4.78, 5) is 1.000. The topological polar surface area (TPSA) is 72.2 Å². The van der Waals surface area contributed by atoms with Gasteiger partial charge in [0.05, 0.1) is 5.69 Å². The van der Waals surface area contributed by atoms with Crippen molar-refractivity contribution >= 4 is 27.0 Å². The summed E-state index contributed by atoms with van der Waals surface area (Å²) in [5.74, 6) is 0. The monoisotopic (exact) mass is 310 g/mol. The fourth-order valence-electron chi connectivity index (χ4n) is 2.11. The lowest BCUT2D eigenvalue weighted by Crippen LogP contribution is -2.16. The molecule has 2 rings (SSSR count). The molecule has 108 valence electrons. The van der Waals surface area contributed by atoms with Crippen LogP contribution in [-0.4, -0.2) is 8.42 Å². The predicted octanol–water partition coefficient (Wildman–Crippen LogP) is 2.88. The average molecular weight is 310 g/mol. The Bertz CT molecular complexity index is 706. The molecule has 4 nitrogen and oxygen atoms in total. The first kappa shape index (κ1) is 15.0. The molecule has 1 heterocycles. The molecule has 1 aromatic carbocycles. The van der Waals surface area contributed by atoms with E-state index in [2.05, 4.69) is 4.72 Å². The van der Waals surface area contributed by atoms with Gasteiger partial charge in [0, 0.05) is 11.4 Å². The molecule has 0 radical (unpaired) electrons. The number of sulfonamides is 1. The average Bonchev–Trinajstić information content (AvgIpc) is 2.81. The van der Waals surface area contributed by atoms with Crippen LogP contribution in [0.2, 0.25) is 0 Å². The van der Waals surface area contributed by atoms with Crippen LogP contribution in [0.5, 0.6) is 0 Å². The van der Waals surface area contributed by atoms with Gasteiger partial charge in [-0.3, -0.25) is 4.72 Å². The van der Waals surface area contributed by atoms with E-state index in [1.807, 2.05) is 30.5 Å². The molecule has 20 heavy (non-hydrogen) atoms. The lowest BCUT2D eigenvalue weighted by molar-refractivity contribution is 0.600. The van der Waals surface area contributed by atoms with E-state index in [9.17, 15) is 8.42 Å². The van der Waals surface area contributed by atoms with E-state index in [0.29, 0.717) is 15.5 Å². The van der Waals surface area contributed by atoms with Gasteiger partial charge in [-0.2, -0.15) is 0 Å². The number of hydrogen-bond donors (Lipinski definition) is 2. The maximum atomic E-state index is 12.6. The Labute approximate surface area is 123 Å². The predicted molar refractivity (Wildman–Crippen MR) is 83.6 cm³/mol. The molecule has 2 aromatic rings. The minimum Gasteiger partial charge on any atom is -0.326 e. The van der Waals surface area contributed by atoms with E-state index in [0.717, 1.165) is 17.5 Å². The molecule has 0 aliphatic rings. The smallest absolute Gasteiger partial charge is 0.263 e. The number of hydrogen-bond acceptors (Lipinski definition) is 4. The summed E-state index contributed by atoms with van der Waals surface area (Å²) in [5.41, 5.74) is 7.96. The summed E-state index contributed by atoms with van der Waals surface area (Å²) >= 11 is 1.38. The van der Waals surface area contributed by atoms with Crippen LogP contribution in [0.25, 0.3) is 0 Å². The maximum absolute atomic E-state index is 12.6. The quantitative estimate of drug-likeness (QED) is 0.892. The SMILES string of the molecule is CCc1ccccc1NS(=O)(=O)c1c(C)csc1CN. The molecule has 0 fully saturated rings. The van der Waals surface area contributed by atoms with E-state index in [1.54, 1.807) is 13.0 Å². The normalized spacial score (nSPS) is 11.6. The number of nitrogens with two attached hydrogens (primary N) is 1. The number of anilines is 1. The largest absolute Gasteiger partial charge is 0.326 e. The van der Waals surface area contributed by atoms with E-state index in [1.165, 1.54) is 11.3 Å². The van der Waals surface area contributed by atoms with Crippen LogP contribution in [0, 0.1) is 6.92 Å². The van der Waals surface area contributed by atoms with Crippen molar-refractivity contribution < 1.29 is 8.42 Å². The maximum Gasteiger partial charge on any atom is 0.263 e. The fourth-order valence-corrected chi connectivity index (χ4v) is 4.92. The summed E-state index contributed by atoms with van der Waals surface area (Å²) in [6.45, 7) is 4.01. The summed E-state index contributed by atoms with van der Waals surface area (Å²) < 4.78 is 27.8. The van der Waals surface area contributed by atoms with Gasteiger partial charge in [0.15, 0.2) is 0 Å². The summed E-state index contributed by atoms with van der Waals surface area (Å²) in [6, 6.07) is 7.42. The number of benzene rings is 1. The Hall–Kier alpha value is -1.37. The molecule has 0 atom stereocenters. The fraction of sp³-hybridized carbons (Fsp3) is 0.286. The van der Waals surface area contributed by atoms with Crippen LogP contribution in [0.4, 0.5) is 5.69 Å². The van der Waals surface area contributed by atoms with Gasteiger partial charge < -0.3 is 5.73 Å². The molecule has 0 aliphatic heterocycles. The number of aryl methyl sites for hydroxylation is 2. The van der Waals surface area contributed by atoms with Crippen molar-refractivity contribution in [3.8, 4) is 0 Å². The highest BCUT2D eigenvalue weighted by Gasteiger charge is 2.23. The molecule has 0 amide bonds. The second-order valence-corrected chi connectivity index (χ2v) is 7.07. The first-order chi connectivity index (χ1) is 9.49. The molecule has 0 saturated heterocycles. The van der Waals surface area contributed by atoms with Crippen molar-refractivity contribution in [3.05, 3.63) is 45.6 Å². The molecule has 1 aromatic heterocycles. The highest BCUT2D eigenvalue weighted by atomic mass is 32.2. The van der Waals surface area contributed by atoms with Gasteiger partial charge in [0.2, 0.25) is 0 Å². The van der Waals surface area contributed by atoms with Crippen LogP contribution in [-0.2, 0) is 23.0 Å². The second-order valence-electron chi connectivity index (χ2n) is 4.49. The zero-order valence-electron chi connectivity index (χ0n) is 11.5. The first-order valence-electron chi connectivity index (χ1n) is 6.37. The zero-order valence-corrected chi connectivity index (χ0v) is 13.1. The van der Waals surface area contributed by atoms with E-state index < -0.39 is 10.0 Å². The highest BCUT2D eigenvalue weighted by Crippen LogP contribution is 2.29. The Morgan fingerprint density at radius 2 is 2.00 bits per heavy atom. The number of thiophene rings is 1. The lowest BCUT2D eigenvalue weighted by Gasteiger charge is -2.12. The van der Waals surface area contributed by atoms with Crippen LogP contribution < -0.4 is 10.5 Å². The summed E-state index contributed by atoms with van der Waals surface area (Å²) in [6.07, 6.45) is 0.769. The van der Waals surface area contributed by atoms with Crippen molar-refractivity contribution in [2.75, 3.05) is 4.72 Å². The second kappa shape index (κ2) is 5.95.